The summed E-state index contributed by atoms with van der Waals surface area (Å²) in [5, 5.41) is 1.04. The molecule has 0 unspecified atom stereocenters. The van der Waals surface area contributed by atoms with E-state index < -0.39 is 9.05 Å². The van der Waals surface area contributed by atoms with Crippen molar-refractivity contribution in [3.63, 3.8) is 0 Å². The number of thiazole rings is 1. The first-order valence-corrected chi connectivity index (χ1v) is 9.68. The average molecular weight is 366 g/mol. The summed E-state index contributed by atoms with van der Waals surface area (Å²) in [5.74, 6) is 0.619. The summed E-state index contributed by atoms with van der Waals surface area (Å²) < 4.78 is 28.7. The van der Waals surface area contributed by atoms with Crippen LogP contribution in [0.15, 0.2) is 22.4 Å². The van der Waals surface area contributed by atoms with Crippen molar-refractivity contribution in [2.75, 3.05) is 6.61 Å². The van der Waals surface area contributed by atoms with Gasteiger partial charge in [0.25, 0.3) is 9.05 Å². The van der Waals surface area contributed by atoms with Gasteiger partial charge in [0.15, 0.2) is 4.21 Å². The van der Waals surface area contributed by atoms with Crippen LogP contribution >= 0.6 is 33.6 Å². The Balaban J connectivity index is 2.53. The highest BCUT2D eigenvalue weighted by Gasteiger charge is 2.21. The van der Waals surface area contributed by atoms with Gasteiger partial charge in [0.2, 0.25) is 0 Å². The smallest absolute Gasteiger partial charge is 0.272 e. The van der Waals surface area contributed by atoms with Gasteiger partial charge in [0.1, 0.15) is 10.8 Å². The predicted octanol–water partition coefficient (Wildman–Crippen LogP) is 4.49. The van der Waals surface area contributed by atoms with Crippen LogP contribution in [0.4, 0.5) is 0 Å². The third-order valence-electron chi connectivity index (χ3n) is 2.61. The zero-order valence-corrected chi connectivity index (χ0v) is 14.5. The van der Waals surface area contributed by atoms with Gasteiger partial charge < -0.3 is 4.74 Å². The molecule has 1 aromatic heterocycles. The molecule has 2 aromatic rings. The molecule has 0 atom stereocenters. The topological polar surface area (TPSA) is 56.3 Å². The maximum Gasteiger partial charge on any atom is 0.272 e. The van der Waals surface area contributed by atoms with Crippen molar-refractivity contribution >= 4 is 42.7 Å². The lowest BCUT2D eigenvalue weighted by atomic mass is 10.2. The van der Waals surface area contributed by atoms with Crippen LogP contribution in [0.2, 0.25) is 5.02 Å². The Kier molecular flexibility index (Phi) is 5.14. The van der Waals surface area contributed by atoms with Gasteiger partial charge in [-0.3, -0.25) is 0 Å². The Bertz CT molecular complexity index is 757. The first kappa shape index (κ1) is 16.5. The van der Waals surface area contributed by atoms with Crippen molar-refractivity contribution < 1.29 is 13.2 Å². The van der Waals surface area contributed by atoms with E-state index >= 15 is 0 Å². The van der Waals surface area contributed by atoms with E-state index in [4.69, 9.17) is 27.0 Å². The number of ether oxygens (including phenoxy) is 1. The molecule has 0 amide bonds. The number of benzene rings is 1. The number of aryl methyl sites for hydroxylation is 1. The molecule has 1 aromatic carbocycles. The fraction of sp³-hybridized carbons (Fsp3) is 0.308. The second kappa shape index (κ2) is 6.52. The van der Waals surface area contributed by atoms with Gasteiger partial charge in [-0.2, -0.15) is 0 Å². The predicted molar refractivity (Wildman–Crippen MR) is 86.1 cm³/mol. The van der Waals surface area contributed by atoms with Crippen molar-refractivity contribution in [1.82, 2.24) is 4.98 Å². The standard InChI is InChI=1S/C13H13Cl2NO3S2/c1-3-6-19-11-5-4-9(14)7-10(11)12-16-8(2)13(20-12)21(15,17)18/h4-5,7H,3,6H2,1-2H3. The summed E-state index contributed by atoms with van der Waals surface area (Å²) in [4.78, 5) is 4.27. The monoisotopic (exact) mass is 365 g/mol. The summed E-state index contributed by atoms with van der Waals surface area (Å²) in [5.41, 5.74) is 1.03. The van der Waals surface area contributed by atoms with Crippen LogP contribution in [0.1, 0.15) is 19.0 Å². The molecule has 114 valence electrons. The minimum atomic E-state index is -3.81. The zero-order chi connectivity index (χ0) is 15.6. The molecular weight excluding hydrogens is 353 g/mol. The molecular formula is C13H13Cl2NO3S2. The van der Waals surface area contributed by atoms with E-state index in [9.17, 15) is 8.42 Å². The van der Waals surface area contributed by atoms with Gasteiger partial charge in [0, 0.05) is 15.7 Å². The third-order valence-corrected chi connectivity index (χ3v) is 6.21. The fourth-order valence-corrected chi connectivity index (χ4v) is 4.38. The van der Waals surface area contributed by atoms with Gasteiger partial charge in [-0.05, 0) is 31.5 Å². The molecule has 4 nitrogen and oxygen atoms in total. The van der Waals surface area contributed by atoms with Gasteiger partial charge in [0.05, 0.1) is 17.9 Å². The van der Waals surface area contributed by atoms with Crippen molar-refractivity contribution in [1.29, 1.82) is 0 Å². The molecule has 0 bridgehead atoms. The van der Waals surface area contributed by atoms with E-state index in [1.165, 1.54) is 0 Å². The fourth-order valence-electron chi connectivity index (χ4n) is 1.73. The van der Waals surface area contributed by atoms with Crippen LogP contribution in [0.25, 0.3) is 10.6 Å². The van der Waals surface area contributed by atoms with Crippen molar-refractivity contribution in [2.24, 2.45) is 0 Å². The molecule has 21 heavy (non-hydrogen) atoms. The summed E-state index contributed by atoms with van der Waals surface area (Å²) in [6, 6.07) is 5.17. The quantitative estimate of drug-likeness (QED) is 0.732. The number of nitrogens with zero attached hydrogens (tertiary/aromatic N) is 1. The SMILES string of the molecule is CCCOc1ccc(Cl)cc1-c1nc(C)c(S(=O)(=O)Cl)s1. The Labute approximate surface area is 137 Å². The van der Waals surface area contributed by atoms with Crippen LogP contribution < -0.4 is 4.74 Å². The lowest BCUT2D eigenvalue weighted by Crippen LogP contribution is -1.96. The lowest BCUT2D eigenvalue weighted by molar-refractivity contribution is 0.318. The van der Waals surface area contributed by atoms with E-state index in [2.05, 4.69) is 4.98 Å². The van der Waals surface area contributed by atoms with Crippen LogP contribution in [0.3, 0.4) is 0 Å². The van der Waals surface area contributed by atoms with Crippen LogP contribution in [0.5, 0.6) is 5.75 Å². The highest BCUT2D eigenvalue weighted by molar-refractivity contribution is 8.15. The molecule has 0 radical (unpaired) electrons. The summed E-state index contributed by atoms with van der Waals surface area (Å²) in [6.45, 7) is 4.16. The van der Waals surface area contributed by atoms with E-state index in [1.54, 1.807) is 25.1 Å². The second-order valence-corrected chi connectivity index (χ2v) is 8.52. The Morgan fingerprint density at radius 3 is 2.67 bits per heavy atom. The van der Waals surface area contributed by atoms with Crippen molar-refractivity contribution in [2.45, 2.75) is 24.5 Å². The van der Waals surface area contributed by atoms with Gasteiger partial charge in [-0.15, -0.1) is 11.3 Å². The summed E-state index contributed by atoms with van der Waals surface area (Å²) >= 11 is 7.02. The molecule has 0 fully saturated rings. The molecule has 0 aliphatic rings. The van der Waals surface area contributed by atoms with Crippen molar-refractivity contribution in [3.05, 3.63) is 28.9 Å². The number of hydrogen-bond donors (Lipinski definition) is 0. The second-order valence-electron chi connectivity index (χ2n) is 4.32. The molecule has 0 aliphatic heterocycles. The van der Waals surface area contributed by atoms with Crippen LogP contribution in [-0.4, -0.2) is 20.0 Å². The number of hydrogen-bond acceptors (Lipinski definition) is 5. The maximum absolute atomic E-state index is 11.5. The lowest BCUT2D eigenvalue weighted by Gasteiger charge is -2.09. The molecule has 0 aliphatic carbocycles. The summed E-state index contributed by atoms with van der Waals surface area (Å²) in [7, 11) is 1.60. The normalized spacial score (nSPS) is 11.6. The van der Waals surface area contributed by atoms with E-state index in [1.807, 2.05) is 6.92 Å². The highest BCUT2D eigenvalue weighted by Crippen LogP contribution is 2.38. The number of aromatic nitrogens is 1. The van der Waals surface area contributed by atoms with E-state index in [0.29, 0.717) is 33.6 Å². The first-order chi connectivity index (χ1) is 9.82. The minimum absolute atomic E-state index is 0.0422. The van der Waals surface area contributed by atoms with E-state index in [-0.39, 0.29) is 4.21 Å². The Morgan fingerprint density at radius 2 is 2.10 bits per heavy atom. The van der Waals surface area contributed by atoms with Gasteiger partial charge >= 0.3 is 0 Å². The van der Waals surface area contributed by atoms with Gasteiger partial charge in [-0.25, -0.2) is 13.4 Å². The van der Waals surface area contributed by atoms with Crippen LogP contribution in [0, 0.1) is 6.92 Å². The van der Waals surface area contributed by atoms with Crippen molar-refractivity contribution in [3.8, 4) is 16.3 Å². The van der Waals surface area contributed by atoms with E-state index in [0.717, 1.165) is 17.8 Å². The highest BCUT2D eigenvalue weighted by atomic mass is 35.7. The van der Waals surface area contributed by atoms with Gasteiger partial charge in [-0.1, -0.05) is 18.5 Å². The Hall–Kier alpha value is -0.820. The molecule has 0 saturated carbocycles. The number of halogens is 2. The first-order valence-electron chi connectivity index (χ1n) is 6.17. The number of rotatable bonds is 5. The minimum Gasteiger partial charge on any atom is -0.493 e. The largest absolute Gasteiger partial charge is 0.493 e. The molecule has 1 heterocycles. The molecule has 0 saturated heterocycles. The Morgan fingerprint density at radius 1 is 1.38 bits per heavy atom. The average Bonchev–Trinajstić information content (AvgIpc) is 2.79. The maximum atomic E-state index is 11.5. The molecule has 0 spiro atoms. The van der Waals surface area contributed by atoms with Crippen LogP contribution in [-0.2, 0) is 9.05 Å². The molecule has 2 rings (SSSR count). The molecule has 0 N–H and O–H groups in total. The zero-order valence-electron chi connectivity index (χ0n) is 11.4. The summed E-state index contributed by atoms with van der Waals surface area (Å²) in [6.07, 6.45) is 0.861. The third kappa shape index (κ3) is 3.88. The molecule has 8 heteroatoms.